The van der Waals surface area contributed by atoms with Gasteiger partial charge in [-0.1, -0.05) is 17.7 Å². The van der Waals surface area contributed by atoms with E-state index >= 15 is 0 Å². The molecule has 1 heterocycles. The molecule has 0 aliphatic heterocycles. The van der Waals surface area contributed by atoms with Gasteiger partial charge in [0, 0.05) is 11.4 Å². The van der Waals surface area contributed by atoms with Crippen LogP contribution in [-0.2, 0) is 6.42 Å². The van der Waals surface area contributed by atoms with Gasteiger partial charge < -0.3 is 9.52 Å². The van der Waals surface area contributed by atoms with E-state index < -0.39 is 6.10 Å². The number of furan rings is 1. The van der Waals surface area contributed by atoms with E-state index in [1.165, 1.54) is 18.4 Å². The summed E-state index contributed by atoms with van der Waals surface area (Å²) in [6, 6.07) is 7.48. The fourth-order valence-electron chi connectivity index (χ4n) is 1.48. The normalized spacial score (nSPS) is 12.7. The molecule has 0 spiro atoms. The fraction of sp³-hybridized carbons (Fsp3) is 0.167. The molecule has 0 saturated carbocycles. The van der Waals surface area contributed by atoms with E-state index in [9.17, 15) is 9.50 Å². The van der Waals surface area contributed by atoms with Crippen molar-refractivity contribution in [3.8, 4) is 0 Å². The Balaban J connectivity index is 2.15. The molecule has 2 rings (SSSR count). The Labute approximate surface area is 97.3 Å². The number of aliphatic hydroxyl groups excluding tert-OH is 1. The van der Waals surface area contributed by atoms with Gasteiger partial charge in [-0.25, -0.2) is 4.39 Å². The van der Waals surface area contributed by atoms with Crippen molar-refractivity contribution < 1.29 is 13.9 Å². The van der Waals surface area contributed by atoms with Gasteiger partial charge in [-0.05, 0) is 29.8 Å². The van der Waals surface area contributed by atoms with Gasteiger partial charge in [0.15, 0.2) is 0 Å². The Morgan fingerprint density at radius 3 is 2.81 bits per heavy atom. The minimum absolute atomic E-state index is 0.298. The van der Waals surface area contributed by atoms with Crippen molar-refractivity contribution in [1.82, 2.24) is 0 Å². The summed E-state index contributed by atoms with van der Waals surface area (Å²) in [6.07, 6.45) is 1.02. The zero-order chi connectivity index (χ0) is 11.5. The highest BCUT2D eigenvalue weighted by Crippen LogP contribution is 2.24. The number of aliphatic hydroxyl groups is 1. The predicted molar refractivity (Wildman–Crippen MR) is 58.8 cm³/mol. The second-order valence-corrected chi connectivity index (χ2v) is 3.88. The molecule has 0 aliphatic rings. The molecule has 1 N–H and O–H groups in total. The van der Waals surface area contributed by atoms with Gasteiger partial charge in [-0.3, -0.25) is 0 Å². The summed E-state index contributed by atoms with van der Waals surface area (Å²) < 4.78 is 17.9. The molecule has 0 radical (unpaired) electrons. The molecule has 0 bridgehead atoms. The van der Waals surface area contributed by atoms with Crippen LogP contribution in [0.15, 0.2) is 41.0 Å². The van der Waals surface area contributed by atoms with E-state index in [2.05, 4.69) is 0 Å². The number of halogens is 2. The van der Waals surface area contributed by atoms with Crippen molar-refractivity contribution in [1.29, 1.82) is 0 Å². The first kappa shape index (κ1) is 11.2. The molecule has 0 amide bonds. The second-order valence-electron chi connectivity index (χ2n) is 3.47. The number of benzene rings is 1. The Kier molecular flexibility index (Phi) is 3.27. The first-order valence-corrected chi connectivity index (χ1v) is 5.20. The molecular weight excluding hydrogens is 231 g/mol. The van der Waals surface area contributed by atoms with E-state index in [0.29, 0.717) is 22.8 Å². The van der Waals surface area contributed by atoms with Gasteiger partial charge in [0.2, 0.25) is 0 Å². The third-order valence-corrected chi connectivity index (χ3v) is 2.65. The summed E-state index contributed by atoms with van der Waals surface area (Å²) in [4.78, 5) is 0. The topological polar surface area (TPSA) is 33.4 Å². The second kappa shape index (κ2) is 4.68. The quantitative estimate of drug-likeness (QED) is 0.893. The highest BCUT2D eigenvalue weighted by Gasteiger charge is 2.13. The number of rotatable bonds is 3. The summed E-state index contributed by atoms with van der Waals surface area (Å²) in [7, 11) is 0. The molecule has 2 aromatic rings. The lowest BCUT2D eigenvalue weighted by Crippen LogP contribution is -2.01. The first-order valence-electron chi connectivity index (χ1n) is 4.82. The van der Waals surface area contributed by atoms with Crippen LogP contribution < -0.4 is 0 Å². The standard InChI is InChI=1S/C12H10ClFO2/c13-10-7-9(14)4-3-8(10)6-11(15)12-2-1-5-16-12/h1-5,7,11,15H,6H2. The van der Waals surface area contributed by atoms with Crippen LogP contribution in [0.3, 0.4) is 0 Å². The van der Waals surface area contributed by atoms with Gasteiger partial charge in [-0.2, -0.15) is 0 Å². The Morgan fingerprint density at radius 2 is 2.19 bits per heavy atom. The van der Waals surface area contributed by atoms with Gasteiger partial charge >= 0.3 is 0 Å². The molecule has 0 saturated heterocycles. The molecule has 1 atom stereocenters. The maximum atomic E-state index is 12.8. The molecule has 0 aliphatic carbocycles. The Morgan fingerprint density at radius 1 is 1.38 bits per heavy atom. The Bertz CT molecular complexity index is 468. The molecule has 84 valence electrons. The van der Waals surface area contributed by atoms with Crippen LogP contribution in [-0.4, -0.2) is 5.11 Å². The number of hydrogen-bond donors (Lipinski definition) is 1. The average molecular weight is 241 g/mol. The van der Waals surface area contributed by atoms with E-state index in [4.69, 9.17) is 16.0 Å². The molecule has 16 heavy (non-hydrogen) atoms. The van der Waals surface area contributed by atoms with Crippen molar-refractivity contribution in [2.45, 2.75) is 12.5 Å². The molecule has 1 unspecified atom stereocenters. The Hall–Kier alpha value is -1.32. The van der Waals surface area contributed by atoms with Gasteiger partial charge in [0.05, 0.1) is 6.26 Å². The third-order valence-electron chi connectivity index (χ3n) is 2.30. The van der Waals surface area contributed by atoms with Gasteiger partial charge in [0.25, 0.3) is 0 Å². The van der Waals surface area contributed by atoms with Crippen LogP contribution in [0.1, 0.15) is 17.4 Å². The minimum atomic E-state index is -0.766. The van der Waals surface area contributed by atoms with Crippen LogP contribution >= 0.6 is 11.6 Å². The maximum absolute atomic E-state index is 12.8. The smallest absolute Gasteiger partial charge is 0.132 e. The van der Waals surface area contributed by atoms with Crippen molar-refractivity contribution in [2.75, 3.05) is 0 Å². The first-order chi connectivity index (χ1) is 7.66. The highest BCUT2D eigenvalue weighted by molar-refractivity contribution is 6.31. The summed E-state index contributed by atoms with van der Waals surface area (Å²) in [5, 5.41) is 10.1. The largest absolute Gasteiger partial charge is 0.467 e. The summed E-state index contributed by atoms with van der Waals surface area (Å²) >= 11 is 5.85. The fourth-order valence-corrected chi connectivity index (χ4v) is 1.72. The highest BCUT2D eigenvalue weighted by atomic mass is 35.5. The lowest BCUT2D eigenvalue weighted by molar-refractivity contribution is 0.150. The summed E-state index contributed by atoms with van der Waals surface area (Å²) in [5.41, 5.74) is 0.687. The average Bonchev–Trinajstić information content (AvgIpc) is 2.75. The zero-order valence-corrected chi connectivity index (χ0v) is 9.12. The van der Waals surface area contributed by atoms with Crippen molar-refractivity contribution >= 4 is 11.6 Å². The monoisotopic (exact) mass is 240 g/mol. The molecule has 2 nitrogen and oxygen atoms in total. The lowest BCUT2D eigenvalue weighted by Gasteiger charge is -2.09. The lowest BCUT2D eigenvalue weighted by atomic mass is 10.1. The van der Waals surface area contributed by atoms with Crippen molar-refractivity contribution in [2.24, 2.45) is 0 Å². The van der Waals surface area contributed by atoms with Crippen LogP contribution in [0.25, 0.3) is 0 Å². The molecule has 4 heteroatoms. The molecule has 1 aromatic carbocycles. The third kappa shape index (κ3) is 2.43. The van der Waals surface area contributed by atoms with Crippen LogP contribution in [0.4, 0.5) is 4.39 Å². The van der Waals surface area contributed by atoms with Crippen molar-refractivity contribution in [3.05, 3.63) is 58.8 Å². The van der Waals surface area contributed by atoms with Crippen LogP contribution in [0.5, 0.6) is 0 Å². The minimum Gasteiger partial charge on any atom is -0.467 e. The summed E-state index contributed by atoms with van der Waals surface area (Å²) in [5.74, 6) is 0.0848. The predicted octanol–water partition coefficient (Wildman–Crippen LogP) is 3.35. The maximum Gasteiger partial charge on any atom is 0.132 e. The van der Waals surface area contributed by atoms with Crippen molar-refractivity contribution in [3.63, 3.8) is 0 Å². The molecule has 1 aromatic heterocycles. The van der Waals surface area contributed by atoms with E-state index in [0.717, 1.165) is 0 Å². The van der Waals surface area contributed by atoms with Crippen LogP contribution in [0, 0.1) is 5.82 Å². The zero-order valence-electron chi connectivity index (χ0n) is 8.36. The van der Waals surface area contributed by atoms with E-state index in [1.807, 2.05) is 0 Å². The number of hydrogen-bond acceptors (Lipinski definition) is 2. The summed E-state index contributed by atoms with van der Waals surface area (Å²) in [6.45, 7) is 0. The van der Waals surface area contributed by atoms with E-state index in [-0.39, 0.29) is 5.82 Å². The molecule has 0 fully saturated rings. The molecular formula is C12H10ClFO2. The van der Waals surface area contributed by atoms with Crippen LogP contribution in [0.2, 0.25) is 5.02 Å². The van der Waals surface area contributed by atoms with Gasteiger partial charge in [-0.15, -0.1) is 0 Å². The van der Waals surface area contributed by atoms with Gasteiger partial charge in [0.1, 0.15) is 17.7 Å². The SMILES string of the molecule is OC(Cc1ccc(F)cc1Cl)c1ccco1. The van der Waals surface area contributed by atoms with E-state index in [1.54, 1.807) is 18.2 Å².